The maximum absolute atomic E-state index is 12.4. The van der Waals surface area contributed by atoms with Crippen molar-refractivity contribution in [3.05, 3.63) is 18.5 Å². The normalized spacial score (nSPS) is 21.9. The van der Waals surface area contributed by atoms with Crippen LogP contribution in [0.3, 0.4) is 0 Å². The first-order valence-corrected chi connectivity index (χ1v) is 6.70. The molecule has 18 heavy (non-hydrogen) atoms. The zero-order chi connectivity index (χ0) is 13.0. The highest BCUT2D eigenvalue weighted by atomic mass is 16.2. The van der Waals surface area contributed by atoms with Crippen molar-refractivity contribution in [2.75, 3.05) is 19.6 Å². The Hall–Kier alpha value is -1.36. The smallest absolute Gasteiger partial charge is 0.247 e. The minimum absolute atomic E-state index is 0.167. The van der Waals surface area contributed by atoms with Gasteiger partial charge in [0.1, 0.15) is 6.04 Å². The first kappa shape index (κ1) is 13.1. The van der Waals surface area contributed by atoms with Crippen LogP contribution >= 0.6 is 0 Å². The molecule has 0 spiro atoms. The van der Waals surface area contributed by atoms with Crippen molar-refractivity contribution in [3.8, 4) is 0 Å². The molecule has 2 atom stereocenters. The van der Waals surface area contributed by atoms with Crippen LogP contribution in [-0.4, -0.2) is 40.2 Å². The molecule has 0 radical (unpaired) electrons. The fourth-order valence-corrected chi connectivity index (χ4v) is 2.62. The Morgan fingerprint density at radius 2 is 2.44 bits per heavy atom. The van der Waals surface area contributed by atoms with Gasteiger partial charge in [-0.15, -0.1) is 0 Å². The summed E-state index contributed by atoms with van der Waals surface area (Å²) in [5.41, 5.74) is 5.60. The van der Waals surface area contributed by atoms with E-state index in [-0.39, 0.29) is 11.9 Å². The van der Waals surface area contributed by atoms with Gasteiger partial charge in [-0.1, -0.05) is 0 Å². The quantitative estimate of drug-likeness (QED) is 0.868. The second-order valence-electron chi connectivity index (χ2n) is 5.03. The molecule has 0 aromatic carbocycles. The van der Waals surface area contributed by atoms with Crippen LogP contribution in [0.1, 0.15) is 32.2 Å². The van der Waals surface area contributed by atoms with Crippen LogP contribution in [0.15, 0.2) is 18.5 Å². The van der Waals surface area contributed by atoms with Gasteiger partial charge in [-0.2, -0.15) is 5.10 Å². The van der Waals surface area contributed by atoms with E-state index in [0.29, 0.717) is 12.5 Å². The molecule has 1 aromatic heterocycles. The molecule has 100 valence electrons. The van der Waals surface area contributed by atoms with E-state index >= 15 is 0 Å². The molecule has 1 aromatic rings. The topological polar surface area (TPSA) is 64.2 Å². The lowest BCUT2D eigenvalue weighted by Crippen LogP contribution is -2.43. The van der Waals surface area contributed by atoms with Crippen molar-refractivity contribution in [1.82, 2.24) is 14.7 Å². The van der Waals surface area contributed by atoms with Crippen LogP contribution in [-0.2, 0) is 4.79 Å². The van der Waals surface area contributed by atoms with E-state index in [1.165, 1.54) is 6.42 Å². The summed E-state index contributed by atoms with van der Waals surface area (Å²) >= 11 is 0. The fraction of sp³-hybridized carbons (Fsp3) is 0.692. The standard InChI is InChI=1S/C13H22N4O/c1-11(17-9-3-7-15-17)13(18)16-8-2-4-12(10-16)5-6-14/h3,7,9,11-12H,2,4-6,8,10,14H2,1H3. The molecule has 2 N–H and O–H groups in total. The number of nitrogens with two attached hydrogens (primary N) is 1. The molecule has 0 aliphatic carbocycles. The molecule has 1 amide bonds. The third-order valence-corrected chi connectivity index (χ3v) is 3.68. The highest BCUT2D eigenvalue weighted by molar-refractivity contribution is 5.80. The number of piperidine rings is 1. The second kappa shape index (κ2) is 6.00. The van der Waals surface area contributed by atoms with Gasteiger partial charge in [-0.3, -0.25) is 9.48 Å². The predicted molar refractivity (Wildman–Crippen MR) is 69.9 cm³/mol. The number of carbonyl (C=O) groups is 1. The van der Waals surface area contributed by atoms with E-state index in [1.54, 1.807) is 10.9 Å². The van der Waals surface area contributed by atoms with Crippen LogP contribution in [0.5, 0.6) is 0 Å². The van der Waals surface area contributed by atoms with Gasteiger partial charge >= 0.3 is 0 Å². The predicted octanol–water partition coefficient (Wildman–Crippen LogP) is 1.03. The van der Waals surface area contributed by atoms with Crippen molar-refractivity contribution in [2.45, 2.75) is 32.2 Å². The zero-order valence-electron chi connectivity index (χ0n) is 11.0. The first-order valence-electron chi connectivity index (χ1n) is 6.70. The molecular formula is C13H22N4O. The minimum Gasteiger partial charge on any atom is -0.341 e. The lowest BCUT2D eigenvalue weighted by molar-refractivity contribution is -0.136. The van der Waals surface area contributed by atoms with E-state index < -0.39 is 0 Å². The lowest BCUT2D eigenvalue weighted by atomic mass is 9.94. The van der Waals surface area contributed by atoms with Gasteiger partial charge in [0.25, 0.3) is 0 Å². The summed E-state index contributed by atoms with van der Waals surface area (Å²) in [6.07, 6.45) is 6.83. The van der Waals surface area contributed by atoms with Crippen molar-refractivity contribution in [2.24, 2.45) is 11.7 Å². The van der Waals surface area contributed by atoms with E-state index in [2.05, 4.69) is 5.10 Å². The van der Waals surface area contributed by atoms with E-state index in [4.69, 9.17) is 5.73 Å². The second-order valence-corrected chi connectivity index (χ2v) is 5.03. The molecule has 2 unspecified atom stereocenters. The average molecular weight is 250 g/mol. The van der Waals surface area contributed by atoms with Crippen LogP contribution < -0.4 is 5.73 Å². The maximum Gasteiger partial charge on any atom is 0.247 e. The molecule has 2 rings (SSSR count). The summed E-state index contributed by atoms with van der Waals surface area (Å²) < 4.78 is 1.72. The molecular weight excluding hydrogens is 228 g/mol. The van der Waals surface area contributed by atoms with Gasteiger partial charge in [0, 0.05) is 25.5 Å². The number of aromatic nitrogens is 2. The van der Waals surface area contributed by atoms with Crippen molar-refractivity contribution in [3.63, 3.8) is 0 Å². The minimum atomic E-state index is -0.211. The number of rotatable bonds is 4. The number of carbonyl (C=O) groups excluding carboxylic acids is 1. The molecule has 2 heterocycles. The monoisotopic (exact) mass is 250 g/mol. The summed E-state index contributed by atoms with van der Waals surface area (Å²) in [7, 11) is 0. The number of hydrogen-bond donors (Lipinski definition) is 1. The molecule has 0 saturated carbocycles. The summed E-state index contributed by atoms with van der Waals surface area (Å²) in [5.74, 6) is 0.734. The average Bonchev–Trinajstić information content (AvgIpc) is 2.91. The molecule has 1 saturated heterocycles. The Balaban J connectivity index is 1.96. The van der Waals surface area contributed by atoms with E-state index in [0.717, 1.165) is 25.9 Å². The Labute approximate surface area is 108 Å². The van der Waals surface area contributed by atoms with Crippen molar-refractivity contribution >= 4 is 5.91 Å². The number of nitrogens with zero attached hydrogens (tertiary/aromatic N) is 3. The summed E-state index contributed by atoms with van der Waals surface area (Å²) in [6, 6.07) is 1.63. The van der Waals surface area contributed by atoms with Gasteiger partial charge in [0.05, 0.1) is 0 Å². The highest BCUT2D eigenvalue weighted by Gasteiger charge is 2.27. The first-order chi connectivity index (χ1) is 8.72. The van der Waals surface area contributed by atoms with Gasteiger partial charge in [0.2, 0.25) is 5.91 Å². The van der Waals surface area contributed by atoms with Crippen molar-refractivity contribution in [1.29, 1.82) is 0 Å². The largest absolute Gasteiger partial charge is 0.341 e. The molecule has 1 aliphatic rings. The van der Waals surface area contributed by atoms with Gasteiger partial charge in [0.15, 0.2) is 0 Å². The molecule has 5 heteroatoms. The van der Waals surface area contributed by atoms with Crippen LogP contribution in [0.2, 0.25) is 0 Å². The molecule has 5 nitrogen and oxygen atoms in total. The van der Waals surface area contributed by atoms with E-state index in [1.807, 2.05) is 24.1 Å². The number of hydrogen-bond acceptors (Lipinski definition) is 3. The van der Waals surface area contributed by atoms with Gasteiger partial charge in [-0.25, -0.2) is 0 Å². The van der Waals surface area contributed by atoms with Gasteiger partial charge < -0.3 is 10.6 Å². The van der Waals surface area contributed by atoms with Crippen LogP contribution in [0, 0.1) is 5.92 Å². The Bertz CT molecular complexity index is 374. The summed E-state index contributed by atoms with van der Waals surface area (Å²) in [6.45, 7) is 4.33. The highest BCUT2D eigenvalue weighted by Crippen LogP contribution is 2.21. The molecule has 1 aliphatic heterocycles. The number of likely N-dealkylation sites (tertiary alicyclic amines) is 1. The Kier molecular flexibility index (Phi) is 4.36. The Morgan fingerprint density at radius 3 is 3.11 bits per heavy atom. The summed E-state index contributed by atoms with van der Waals surface area (Å²) in [4.78, 5) is 14.3. The molecule has 0 bridgehead atoms. The van der Waals surface area contributed by atoms with Crippen LogP contribution in [0.4, 0.5) is 0 Å². The third-order valence-electron chi connectivity index (χ3n) is 3.68. The van der Waals surface area contributed by atoms with Gasteiger partial charge in [-0.05, 0) is 44.7 Å². The van der Waals surface area contributed by atoms with E-state index in [9.17, 15) is 4.79 Å². The SMILES string of the molecule is CC(C(=O)N1CCCC(CCN)C1)n1cccn1. The third kappa shape index (κ3) is 2.90. The zero-order valence-corrected chi connectivity index (χ0v) is 11.0. The summed E-state index contributed by atoms with van der Waals surface area (Å²) in [5, 5.41) is 4.14. The lowest BCUT2D eigenvalue weighted by Gasteiger charge is -2.34. The molecule has 1 fully saturated rings. The number of amides is 1. The fourth-order valence-electron chi connectivity index (χ4n) is 2.62. The van der Waals surface area contributed by atoms with Crippen LogP contribution in [0.25, 0.3) is 0 Å². The van der Waals surface area contributed by atoms with Crippen molar-refractivity contribution < 1.29 is 4.79 Å². The maximum atomic E-state index is 12.4. The Morgan fingerprint density at radius 1 is 1.61 bits per heavy atom.